The Bertz CT molecular complexity index is 471. The van der Waals surface area contributed by atoms with E-state index in [1.165, 1.54) is 0 Å². The third-order valence-corrected chi connectivity index (χ3v) is 2.86. The van der Waals surface area contributed by atoms with Crippen LogP contribution in [0.4, 0.5) is 11.5 Å². The Balaban J connectivity index is 2.35. The molecule has 2 aromatic rings. The quantitative estimate of drug-likeness (QED) is 0.759. The van der Waals surface area contributed by atoms with Gasteiger partial charge in [0.25, 0.3) is 0 Å². The molecule has 1 aromatic heterocycles. The Hall–Kier alpha value is -1.54. The Kier molecular flexibility index (Phi) is 3.99. The Morgan fingerprint density at radius 1 is 1.06 bits per heavy atom. The van der Waals surface area contributed by atoms with Crippen LogP contribution in [0.2, 0.25) is 0 Å². The maximum Gasteiger partial charge on any atom is 0.133 e. The summed E-state index contributed by atoms with van der Waals surface area (Å²) in [5.41, 5.74) is 2.05. The van der Waals surface area contributed by atoms with Gasteiger partial charge in [0.1, 0.15) is 5.82 Å². The summed E-state index contributed by atoms with van der Waals surface area (Å²) >= 11 is 5.81. The lowest BCUT2D eigenvalue weighted by Crippen LogP contribution is -2.17. The van der Waals surface area contributed by atoms with E-state index in [9.17, 15) is 0 Å². The highest BCUT2D eigenvalue weighted by atomic mass is 35.5. The fourth-order valence-corrected chi connectivity index (χ4v) is 1.93. The average molecular weight is 247 g/mol. The maximum atomic E-state index is 5.81. The van der Waals surface area contributed by atoms with Crippen molar-refractivity contribution in [3.05, 3.63) is 54.2 Å². The number of halogens is 1. The fourth-order valence-electron chi connectivity index (χ4n) is 1.78. The Labute approximate surface area is 107 Å². The second-order valence-electron chi connectivity index (χ2n) is 3.70. The zero-order valence-electron chi connectivity index (χ0n) is 9.81. The van der Waals surface area contributed by atoms with Crippen LogP contribution in [0.5, 0.6) is 0 Å². The topological polar surface area (TPSA) is 16.1 Å². The number of aromatic nitrogens is 1. The normalized spacial score (nSPS) is 10.2. The van der Waals surface area contributed by atoms with E-state index in [4.69, 9.17) is 11.6 Å². The third kappa shape index (κ3) is 2.77. The molecule has 0 saturated heterocycles. The van der Waals surface area contributed by atoms with Crippen molar-refractivity contribution < 1.29 is 0 Å². The first kappa shape index (κ1) is 11.9. The zero-order valence-corrected chi connectivity index (χ0v) is 10.6. The van der Waals surface area contributed by atoms with Crippen molar-refractivity contribution in [1.82, 2.24) is 4.98 Å². The minimum Gasteiger partial charge on any atom is -0.327 e. The smallest absolute Gasteiger partial charge is 0.133 e. The number of hydrogen-bond donors (Lipinski definition) is 0. The van der Waals surface area contributed by atoms with Crippen molar-refractivity contribution in [3.63, 3.8) is 0 Å². The molecule has 1 heterocycles. The molecule has 17 heavy (non-hydrogen) atoms. The van der Waals surface area contributed by atoms with Crippen LogP contribution in [0.15, 0.2) is 48.5 Å². The third-order valence-electron chi connectivity index (χ3n) is 2.59. The van der Waals surface area contributed by atoms with Gasteiger partial charge in [0, 0.05) is 12.2 Å². The van der Waals surface area contributed by atoms with E-state index in [1.807, 2.05) is 36.4 Å². The van der Waals surface area contributed by atoms with Gasteiger partial charge in [-0.25, -0.2) is 4.98 Å². The lowest BCUT2D eigenvalue weighted by molar-refractivity contribution is 0.976. The summed E-state index contributed by atoms with van der Waals surface area (Å²) < 4.78 is 0. The van der Waals surface area contributed by atoms with Gasteiger partial charge in [-0.3, -0.25) is 0 Å². The monoisotopic (exact) mass is 246 g/mol. The van der Waals surface area contributed by atoms with Crippen LogP contribution in [0.1, 0.15) is 12.6 Å². The van der Waals surface area contributed by atoms with Crippen molar-refractivity contribution in [1.29, 1.82) is 0 Å². The zero-order chi connectivity index (χ0) is 12.1. The van der Waals surface area contributed by atoms with Gasteiger partial charge < -0.3 is 4.90 Å². The minimum absolute atomic E-state index is 0.445. The molecule has 2 nitrogen and oxygen atoms in total. The van der Waals surface area contributed by atoms with Gasteiger partial charge in [-0.15, -0.1) is 11.6 Å². The summed E-state index contributed by atoms with van der Waals surface area (Å²) in [4.78, 5) is 6.70. The molecule has 1 aromatic carbocycles. The van der Waals surface area contributed by atoms with Gasteiger partial charge in [-0.05, 0) is 31.2 Å². The molecule has 0 aliphatic rings. The molecule has 0 spiro atoms. The lowest BCUT2D eigenvalue weighted by Gasteiger charge is -2.22. The van der Waals surface area contributed by atoms with Crippen molar-refractivity contribution in [2.45, 2.75) is 12.8 Å². The molecule has 0 radical (unpaired) electrons. The highest BCUT2D eigenvalue weighted by molar-refractivity contribution is 6.16. The highest BCUT2D eigenvalue weighted by Gasteiger charge is 2.08. The maximum absolute atomic E-state index is 5.81. The Morgan fingerprint density at radius 3 is 2.47 bits per heavy atom. The van der Waals surface area contributed by atoms with Crippen LogP contribution < -0.4 is 4.90 Å². The first-order valence-electron chi connectivity index (χ1n) is 5.69. The molecule has 88 valence electrons. The summed E-state index contributed by atoms with van der Waals surface area (Å²) in [6, 6.07) is 16.2. The molecule has 2 rings (SSSR count). The largest absolute Gasteiger partial charge is 0.327 e. The van der Waals surface area contributed by atoms with Crippen molar-refractivity contribution in [2.75, 3.05) is 11.4 Å². The molecule has 0 atom stereocenters. The van der Waals surface area contributed by atoms with Crippen LogP contribution in [-0.4, -0.2) is 11.5 Å². The van der Waals surface area contributed by atoms with E-state index in [2.05, 4.69) is 28.9 Å². The first-order valence-corrected chi connectivity index (χ1v) is 6.23. The van der Waals surface area contributed by atoms with Crippen molar-refractivity contribution >= 4 is 23.1 Å². The molecular formula is C14H15ClN2. The standard InChI is InChI=1S/C14H15ClN2/c1-2-17(13-8-4-3-5-9-13)14-10-6-7-12(11-15)16-14/h3-10H,2,11H2,1H3. The van der Waals surface area contributed by atoms with E-state index in [1.54, 1.807) is 0 Å². The van der Waals surface area contributed by atoms with Gasteiger partial charge in [-0.1, -0.05) is 24.3 Å². The number of benzene rings is 1. The second-order valence-corrected chi connectivity index (χ2v) is 3.97. The van der Waals surface area contributed by atoms with Crippen molar-refractivity contribution in [3.8, 4) is 0 Å². The molecule has 0 amide bonds. The van der Waals surface area contributed by atoms with Crippen molar-refractivity contribution in [2.24, 2.45) is 0 Å². The number of nitrogens with zero attached hydrogens (tertiary/aromatic N) is 2. The predicted octanol–water partition coefficient (Wildman–Crippen LogP) is 3.98. The van der Waals surface area contributed by atoms with Crippen LogP contribution in [-0.2, 0) is 5.88 Å². The summed E-state index contributed by atoms with van der Waals surface area (Å²) in [5.74, 6) is 1.39. The van der Waals surface area contributed by atoms with Crippen LogP contribution in [0.25, 0.3) is 0 Å². The highest BCUT2D eigenvalue weighted by Crippen LogP contribution is 2.23. The summed E-state index contributed by atoms with van der Waals surface area (Å²) in [6.45, 7) is 2.99. The molecule has 3 heteroatoms. The number of anilines is 2. The van der Waals surface area contributed by atoms with Crippen LogP contribution in [0.3, 0.4) is 0 Å². The van der Waals surface area contributed by atoms with Crippen LogP contribution in [0, 0.1) is 0 Å². The van der Waals surface area contributed by atoms with Gasteiger partial charge in [-0.2, -0.15) is 0 Å². The van der Waals surface area contributed by atoms with Crippen LogP contribution >= 0.6 is 11.6 Å². The number of alkyl halides is 1. The van der Waals surface area contributed by atoms with E-state index < -0.39 is 0 Å². The summed E-state index contributed by atoms with van der Waals surface area (Å²) in [5, 5.41) is 0. The lowest BCUT2D eigenvalue weighted by atomic mass is 10.2. The Morgan fingerprint density at radius 2 is 1.82 bits per heavy atom. The van der Waals surface area contributed by atoms with E-state index in [0.29, 0.717) is 5.88 Å². The number of para-hydroxylation sites is 1. The first-order chi connectivity index (χ1) is 8.35. The van der Waals surface area contributed by atoms with E-state index in [-0.39, 0.29) is 0 Å². The second kappa shape index (κ2) is 5.69. The SMILES string of the molecule is CCN(c1ccccc1)c1cccc(CCl)n1. The molecule has 0 aliphatic carbocycles. The summed E-state index contributed by atoms with van der Waals surface area (Å²) in [7, 11) is 0. The fraction of sp³-hybridized carbons (Fsp3) is 0.214. The van der Waals surface area contributed by atoms with E-state index >= 15 is 0 Å². The van der Waals surface area contributed by atoms with E-state index in [0.717, 1.165) is 23.7 Å². The predicted molar refractivity (Wildman–Crippen MR) is 72.9 cm³/mol. The summed E-state index contributed by atoms with van der Waals surface area (Å²) in [6.07, 6.45) is 0. The van der Waals surface area contributed by atoms with Gasteiger partial charge in [0.15, 0.2) is 0 Å². The molecule has 0 fully saturated rings. The molecule has 0 saturated carbocycles. The molecule has 0 bridgehead atoms. The van der Waals surface area contributed by atoms with Gasteiger partial charge in [0.2, 0.25) is 0 Å². The number of hydrogen-bond acceptors (Lipinski definition) is 2. The minimum atomic E-state index is 0.445. The molecular weight excluding hydrogens is 232 g/mol. The molecule has 0 N–H and O–H groups in total. The van der Waals surface area contributed by atoms with Gasteiger partial charge in [0.05, 0.1) is 11.6 Å². The number of rotatable bonds is 4. The molecule has 0 unspecified atom stereocenters. The average Bonchev–Trinajstić information content (AvgIpc) is 2.41. The number of pyridine rings is 1. The molecule has 0 aliphatic heterocycles. The van der Waals surface area contributed by atoms with Gasteiger partial charge >= 0.3 is 0 Å².